The Kier molecular flexibility index (Phi) is 9.12. The normalized spacial score (nSPS) is 13.8. The summed E-state index contributed by atoms with van der Waals surface area (Å²) >= 11 is 0. The lowest BCUT2D eigenvalue weighted by atomic mass is 10.1. The van der Waals surface area contributed by atoms with Gasteiger partial charge in [-0.05, 0) is 39.3 Å². The molecule has 92 valence electrons. The van der Waals surface area contributed by atoms with Crippen LogP contribution < -0.4 is 5.32 Å². The van der Waals surface area contributed by atoms with E-state index in [-0.39, 0.29) is 0 Å². The van der Waals surface area contributed by atoms with Crippen molar-refractivity contribution >= 4 is 0 Å². The number of nitrogens with one attached hydrogen (secondary N) is 1. The third-order valence-electron chi connectivity index (χ3n) is 2.80. The fourth-order valence-corrected chi connectivity index (χ4v) is 1.63. The fraction of sp³-hybridized carbons (Fsp3) is 1.00. The van der Waals surface area contributed by atoms with Crippen LogP contribution in [0.1, 0.15) is 47.0 Å². The molecule has 0 aliphatic rings. The van der Waals surface area contributed by atoms with Gasteiger partial charge in [0, 0.05) is 19.1 Å². The van der Waals surface area contributed by atoms with E-state index in [0.717, 1.165) is 12.5 Å². The maximum atomic E-state index is 3.56. The molecule has 0 rings (SSSR count). The lowest BCUT2D eigenvalue weighted by molar-refractivity contribution is 0.303. The Balaban J connectivity index is 3.34. The van der Waals surface area contributed by atoms with E-state index in [1.165, 1.54) is 32.4 Å². The summed E-state index contributed by atoms with van der Waals surface area (Å²) in [5, 5.41) is 3.56. The van der Waals surface area contributed by atoms with Crippen molar-refractivity contribution in [3.05, 3.63) is 0 Å². The summed E-state index contributed by atoms with van der Waals surface area (Å²) in [6.45, 7) is 12.6. The third kappa shape index (κ3) is 10.2. The van der Waals surface area contributed by atoms with Crippen LogP contribution in [0.3, 0.4) is 0 Å². The molecule has 0 bridgehead atoms. The van der Waals surface area contributed by atoms with Crippen LogP contribution in [0.2, 0.25) is 0 Å². The highest BCUT2D eigenvalue weighted by Crippen LogP contribution is 2.00. The average molecular weight is 214 g/mol. The van der Waals surface area contributed by atoms with Crippen molar-refractivity contribution in [2.45, 2.75) is 53.0 Å². The second kappa shape index (κ2) is 9.17. The van der Waals surface area contributed by atoms with Crippen LogP contribution >= 0.6 is 0 Å². The minimum absolute atomic E-state index is 0.675. The van der Waals surface area contributed by atoms with E-state index in [4.69, 9.17) is 0 Å². The Morgan fingerprint density at radius 1 is 1.07 bits per heavy atom. The molecular weight excluding hydrogens is 184 g/mol. The quantitative estimate of drug-likeness (QED) is 0.635. The van der Waals surface area contributed by atoms with E-state index in [9.17, 15) is 0 Å². The molecule has 0 aromatic rings. The zero-order chi connectivity index (χ0) is 11.7. The molecule has 0 aliphatic carbocycles. The summed E-state index contributed by atoms with van der Waals surface area (Å²) in [6, 6.07) is 0.675. The SMILES string of the molecule is CCCC(C)NCCN(C)CCC(C)C. The van der Waals surface area contributed by atoms with E-state index in [1.807, 2.05) is 0 Å². The fourth-order valence-electron chi connectivity index (χ4n) is 1.63. The monoisotopic (exact) mass is 214 g/mol. The highest BCUT2D eigenvalue weighted by molar-refractivity contribution is 4.62. The molecule has 0 aliphatic heterocycles. The lowest BCUT2D eigenvalue weighted by Gasteiger charge is -2.19. The first kappa shape index (κ1) is 14.9. The smallest absolute Gasteiger partial charge is 0.0104 e. The molecule has 0 aromatic carbocycles. The maximum Gasteiger partial charge on any atom is 0.0104 e. The summed E-state index contributed by atoms with van der Waals surface area (Å²) in [7, 11) is 2.22. The number of rotatable bonds is 9. The van der Waals surface area contributed by atoms with Crippen LogP contribution in [0.15, 0.2) is 0 Å². The molecule has 2 heteroatoms. The molecular formula is C13H30N2. The van der Waals surface area contributed by atoms with Gasteiger partial charge in [-0.3, -0.25) is 0 Å². The third-order valence-corrected chi connectivity index (χ3v) is 2.80. The largest absolute Gasteiger partial charge is 0.313 e. The molecule has 0 saturated heterocycles. The van der Waals surface area contributed by atoms with Crippen molar-refractivity contribution in [2.75, 3.05) is 26.7 Å². The van der Waals surface area contributed by atoms with E-state index in [2.05, 4.69) is 45.0 Å². The van der Waals surface area contributed by atoms with Gasteiger partial charge >= 0.3 is 0 Å². The van der Waals surface area contributed by atoms with E-state index in [1.54, 1.807) is 0 Å². The molecule has 0 heterocycles. The van der Waals surface area contributed by atoms with Crippen LogP contribution in [0.25, 0.3) is 0 Å². The van der Waals surface area contributed by atoms with Crippen molar-refractivity contribution < 1.29 is 0 Å². The summed E-state index contributed by atoms with van der Waals surface area (Å²) in [5.41, 5.74) is 0. The highest BCUT2D eigenvalue weighted by atomic mass is 15.1. The number of nitrogens with zero attached hydrogens (tertiary/aromatic N) is 1. The molecule has 15 heavy (non-hydrogen) atoms. The van der Waals surface area contributed by atoms with Crippen molar-refractivity contribution in [2.24, 2.45) is 5.92 Å². The Bertz CT molecular complexity index is 134. The van der Waals surface area contributed by atoms with Gasteiger partial charge in [-0.25, -0.2) is 0 Å². The second-order valence-electron chi connectivity index (χ2n) is 5.13. The van der Waals surface area contributed by atoms with Gasteiger partial charge in [0.2, 0.25) is 0 Å². The summed E-state index contributed by atoms with van der Waals surface area (Å²) in [5.74, 6) is 0.819. The number of likely N-dealkylation sites (N-methyl/N-ethyl adjacent to an activating group) is 1. The topological polar surface area (TPSA) is 15.3 Å². The van der Waals surface area contributed by atoms with Crippen molar-refractivity contribution in [1.29, 1.82) is 0 Å². The summed E-state index contributed by atoms with van der Waals surface area (Å²) in [6.07, 6.45) is 3.87. The van der Waals surface area contributed by atoms with Crippen LogP contribution in [-0.2, 0) is 0 Å². The van der Waals surface area contributed by atoms with Gasteiger partial charge in [0.15, 0.2) is 0 Å². The van der Waals surface area contributed by atoms with Gasteiger partial charge in [-0.2, -0.15) is 0 Å². The van der Waals surface area contributed by atoms with Gasteiger partial charge in [0.05, 0.1) is 0 Å². The zero-order valence-electron chi connectivity index (χ0n) is 11.3. The molecule has 0 aromatic heterocycles. The van der Waals surface area contributed by atoms with Crippen LogP contribution in [-0.4, -0.2) is 37.6 Å². The molecule has 0 fully saturated rings. The molecule has 0 spiro atoms. The molecule has 1 atom stereocenters. The first-order valence-corrected chi connectivity index (χ1v) is 6.48. The highest BCUT2D eigenvalue weighted by Gasteiger charge is 2.02. The minimum Gasteiger partial charge on any atom is -0.313 e. The Morgan fingerprint density at radius 2 is 1.73 bits per heavy atom. The van der Waals surface area contributed by atoms with Gasteiger partial charge in [0.1, 0.15) is 0 Å². The predicted octanol–water partition coefficient (Wildman–Crippen LogP) is 2.74. The lowest BCUT2D eigenvalue weighted by Crippen LogP contribution is -2.34. The first-order chi connectivity index (χ1) is 7.06. The van der Waals surface area contributed by atoms with Crippen molar-refractivity contribution in [3.8, 4) is 0 Å². The Morgan fingerprint density at radius 3 is 2.27 bits per heavy atom. The molecule has 0 radical (unpaired) electrons. The van der Waals surface area contributed by atoms with Crippen molar-refractivity contribution in [3.63, 3.8) is 0 Å². The van der Waals surface area contributed by atoms with Gasteiger partial charge in [-0.15, -0.1) is 0 Å². The molecule has 1 unspecified atom stereocenters. The number of hydrogen-bond donors (Lipinski definition) is 1. The van der Waals surface area contributed by atoms with Gasteiger partial charge < -0.3 is 10.2 Å². The summed E-state index contributed by atoms with van der Waals surface area (Å²) < 4.78 is 0. The summed E-state index contributed by atoms with van der Waals surface area (Å²) in [4.78, 5) is 2.42. The van der Waals surface area contributed by atoms with Crippen molar-refractivity contribution in [1.82, 2.24) is 10.2 Å². The van der Waals surface area contributed by atoms with Crippen LogP contribution in [0, 0.1) is 5.92 Å². The first-order valence-electron chi connectivity index (χ1n) is 6.48. The van der Waals surface area contributed by atoms with Crippen LogP contribution in [0.4, 0.5) is 0 Å². The van der Waals surface area contributed by atoms with E-state index >= 15 is 0 Å². The molecule has 1 N–H and O–H groups in total. The second-order valence-corrected chi connectivity index (χ2v) is 5.13. The average Bonchev–Trinajstić information content (AvgIpc) is 2.15. The number of hydrogen-bond acceptors (Lipinski definition) is 2. The van der Waals surface area contributed by atoms with E-state index < -0.39 is 0 Å². The molecule has 0 amide bonds. The maximum absolute atomic E-state index is 3.56. The Labute approximate surface area is 96.4 Å². The van der Waals surface area contributed by atoms with Crippen LogP contribution in [0.5, 0.6) is 0 Å². The molecule has 2 nitrogen and oxygen atoms in total. The van der Waals surface area contributed by atoms with Gasteiger partial charge in [0.25, 0.3) is 0 Å². The Hall–Kier alpha value is -0.0800. The zero-order valence-corrected chi connectivity index (χ0v) is 11.3. The predicted molar refractivity (Wildman–Crippen MR) is 69.3 cm³/mol. The minimum atomic E-state index is 0.675. The van der Waals surface area contributed by atoms with Gasteiger partial charge in [-0.1, -0.05) is 27.2 Å². The van der Waals surface area contributed by atoms with E-state index in [0.29, 0.717) is 6.04 Å². The standard InChI is InChI=1S/C13H30N2/c1-6-7-13(4)14-9-11-15(5)10-8-12(2)3/h12-14H,6-11H2,1-5H3. The molecule has 0 saturated carbocycles.